The quantitative estimate of drug-likeness (QED) is 0.810. The first-order valence-corrected chi connectivity index (χ1v) is 8.60. The van der Waals surface area contributed by atoms with Gasteiger partial charge < -0.3 is 19.9 Å². The number of carboxylic acids is 1. The lowest BCUT2D eigenvalue weighted by molar-refractivity contribution is -0.119. The van der Waals surface area contributed by atoms with Gasteiger partial charge in [0.1, 0.15) is 0 Å². The minimum atomic E-state index is -3.19. The monoisotopic (exact) mass is 343 g/mol. The number of hydrogen-bond donors (Lipinski definition) is 2. The van der Waals surface area contributed by atoms with Gasteiger partial charge in [-0.2, -0.15) is 0 Å². The molecule has 126 valence electrons. The molecule has 1 heterocycles. The zero-order chi connectivity index (χ0) is 17.2. The van der Waals surface area contributed by atoms with Crippen LogP contribution in [-0.4, -0.2) is 51.1 Å². The van der Waals surface area contributed by atoms with E-state index in [-0.39, 0.29) is 40.7 Å². The topological polar surface area (TPSA) is 119 Å². The first-order valence-electron chi connectivity index (χ1n) is 6.78. The molecule has 0 radical (unpaired) electrons. The standard InChI is InChI=1S/C14H17NO7S/c1-21-11-6-9(14(17)18)5-10(12(11)22-2)15-13(16)8-3-4-23(19,20)7-8/h5-6,8H,3-4,7H2,1-2H3,(H,15,16)(H,17,18). The first kappa shape index (κ1) is 17.1. The van der Waals surface area contributed by atoms with Gasteiger partial charge in [0, 0.05) is 0 Å². The Morgan fingerprint density at radius 3 is 2.43 bits per heavy atom. The highest BCUT2D eigenvalue weighted by Crippen LogP contribution is 2.37. The van der Waals surface area contributed by atoms with E-state index in [0.717, 1.165) is 0 Å². The summed E-state index contributed by atoms with van der Waals surface area (Å²) < 4.78 is 33.2. The number of anilines is 1. The molecule has 0 aliphatic carbocycles. The van der Waals surface area contributed by atoms with Gasteiger partial charge in [0.15, 0.2) is 21.3 Å². The summed E-state index contributed by atoms with van der Waals surface area (Å²) in [5, 5.41) is 11.7. The largest absolute Gasteiger partial charge is 0.493 e. The number of amides is 1. The zero-order valence-corrected chi connectivity index (χ0v) is 13.5. The molecule has 1 aromatic rings. The average molecular weight is 343 g/mol. The summed E-state index contributed by atoms with van der Waals surface area (Å²) in [7, 11) is -0.493. The number of aromatic carboxylic acids is 1. The van der Waals surface area contributed by atoms with Crippen LogP contribution in [-0.2, 0) is 14.6 Å². The molecule has 1 aliphatic heterocycles. The SMILES string of the molecule is COc1cc(C(=O)O)cc(NC(=O)C2CCS(=O)(=O)C2)c1OC. The van der Waals surface area contributed by atoms with Crippen molar-refractivity contribution < 1.29 is 32.6 Å². The summed E-state index contributed by atoms with van der Waals surface area (Å²) in [6.07, 6.45) is 0.242. The lowest BCUT2D eigenvalue weighted by Gasteiger charge is -2.16. The summed E-state index contributed by atoms with van der Waals surface area (Å²) in [5.41, 5.74) is 0.0375. The van der Waals surface area contributed by atoms with Crippen LogP contribution in [0, 0.1) is 5.92 Å². The number of sulfone groups is 1. The summed E-state index contributed by atoms with van der Waals surface area (Å²) in [5.74, 6) is -2.26. The Kier molecular flexibility index (Phi) is 4.79. The number of rotatable bonds is 5. The molecule has 2 rings (SSSR count). The molecule has 0 spiro atoms. The van der Waals surface area contributed by atoms with Crippen molar-refractivity contribution in [2.45, 2.75) is 6.42 Å². The van der Waals surface area contributed by atoms with E-state index in [1.807, 2.05) is 0 Å². The number of hydrogen-bond acceptors (Lipinski definition) is 6. The number of ether oxygens (including phenoxy) is 2. The van der Waals surface area contributed by atoms with Crippen molar-refractivity contribution in [2.24, 2.45) is 5.92 Å². The summed E-state index contributed by atoms with van der Waals surface area (Å²) >= 11 is 0. The normalized spacial score (nSPS) is 19.1. The van der Waals surface area contributed by atoms with Gasteiger partial charge in [-0.15, -0.1) is 0 Å². The Hall–Kier alpha value is -2.29. The lowest BCUT2D eigenvalue weighted by atomic mass is 10.1. The maximum atomic E-state index is 12.2. The van der Waals surface area contributed by atoms with Crippen molar-refractivity contribution in [1.29, 1.82) is 0 Å². The van der Waals surface area contributed by atoms with Crippen LogP contribution < -0.4 is 14.8 Å². The van der Waals surface area contributed by atoms with E-state index in [1.165, 1.54) is 26.4 Å². The molecule has 1 atom stereocenters. The molecule has 23 heavy (non-hydrogen) atoms. The van der Waals surface area contributed by atoms with E-state index in [0.29, 0.717) is 0 Å². The summed E-state index contributed by atoms with van der Waals surface area (Å²) in [4.78, 5) is 23.4. The smallest absolute Gasteiger partial charge is 0.335 e. The van der Waals surface area contributed by atoms with Gasteiger partial charge in [-0.3, -0.25) is 4.79 Å². The molecule has 0 saturated carbocycles. The Bertz CT molecular complexity index is 742. The summed E-state index contributed by atoms with van der Waals surface area (Å²) in [6, 6.07) is 2.52. The van der Waals surface area contributed by atoms with Crippen molar-refractivity contribution in [3.05, 3.63) is 17.7 Å². The molecule has 1 fully saturated rings. The molecule has 8 nitrogen and oxygen atoms in total. The third kappa shape index (κ3) is 3.73. The predicted octanol–water partition coefficient (Wildman–Crippen LogP) is 0.775. The molecular formula is C14H17NO7S. The second kappa shape index (κ2) is 6.45. The zero-order valence-electron chi connectivity index (χ0n) is 12.7. The van der Waals surface area contributed by atoms with Gasteiger partial charge >= 0.3 is 5.97 Å². The molecular weight excluding hydrogens is 326 g/mol. The predicted molar refractivity (Wildman–Crippen MR) is 81.9 cm³/mol. The van der Waals surface area contributed by atoms with Crippen molar-refractivity contribution in [3.8, 4) is 11.5 Å². The molecule has 2 N–H and O–H groups in total. The van der Waals surface area contributed by atoms with E-state index < -0.39 is 27.6 Å². The lowest BCUT2D eigenvalue weighted by Crippen LogP contribution is -2.24. The highest BCUT2D eigenvalue weighted by molar-refractivity contribution is 7.91. The van der Waals surface area contributed by atoms with Gasteiger partial charge in [0.2, 0.25) is 5.91 Å². The maximum absolute atomic E-state index is 12.2. The van der Waals surface area contributed by atoms with Crippen LogP contribution in [0.25, 0.3) is 0 Å². The number of carboxylic acid groups (broad SMARTS) is 1. The van der Waals surface area contributed by atoms with E-state index in [4.69, 9.17) is 14.6 Å². The van der Waals surface area contributed by atoms with Crippen molar-refractivity contribution >= 4 is 27.4 Å². The molecule has 1 aromatic carbocycles. The van der Waals surface area contributed by atoms with Crippen LogP contribution in [0.3, 0.4) is 0 Å². The second-order valence-corrected chi connectivity index (χ2v) is 7.38. The van der Waals surface area contributed by atoms with E-state index in [2.05, 4.69) is 5.32 Å². The van der Waals surface area contributed by atoms with E-state index in [1.54, 1.807) is 0 Å². The summed E-state index contributed by atoms with van der Waals surface area (Å²) in [6.45, 7) is 0. The number of benzene rings is 1. The number of carbonyl (C=O) groups excluding carboxylic acids is 1. The van der Waals surface area contributed by atoms with Crippen LogP contribution in [0.1, 0.15) is 16.8 Å². The highest BCUT2D eigenvalue weighted by Gasteiger charge is 2.33. The maximum Gasteiger partial charge on any atom is 0.335 e. The molecule has 1 unspecified atom stereocenters. The minimum Gasteiger partial charge on any atom is -0.493 e. The minimum absolute atomic E-state index is 0.0271. The van der Waals surface area contributed by atoms with Gasteiger partial charge in [0.05, 0.1) is 42.9 Å². The third-order valence-corrected chi connectivity index (χ3v) is 5.35. The Morgan fingerprint density at radius 2 is 1.96 bits per heavy atom. The average Bonchev–Trinajstić information content (AvgIpc) is 2.86. The molecule has 1 saturated heterocycles. The number of carbonyl (C=O) groups is 2. The fraction of sp³-hybridized carbons (Fsp3) is 0.429. The van der Waals surface area contributed by atoms with Gasteiger partial charge in [-0.25, -0.2) is 13.2 Å². The molecule has 1 aliphatic rings. The van der Waals surface area contributed by atoms with Gasteiger partial charge in [-0.1, -0.05) is 0 Å². The Labute approximate surface area is 133 Å². The third-order valence-electron chi connectivity index (χ3n) is 3.59. The van der Waals surface area contributed by atoms with Crippen LogP contribution in [0.15, 0.2) is 12.1 Å². The fourth-order valence-electron chi connectivity index (χ4n) is 2.42. The number of methoxy groups -OCH3 is 2. The van der Waals surface area contributed by atoms with Crippen LogP contribution in [0.4, 0.5) is 5.69 Å². The van der Waals surface area contributed by atoms with E-state index in [9.17, 15) is 18.0 Å². The van der Waals surface area contributed by atoms with Crippen molar-refractivity contribution in [3.63, 3.8) is 0 Å². The molecule has 0 aromatic heterocycles. The second-order valence-electron chi connectivity index (χ2n) is 5.15. The van der Waals surface area contributed by atoms with Crippen molar-refractivity contribution in [1.82, 2.24) is 0 Å². The van der Waals surface area contributed by atoms with Crippen LogP contribution >= 0.6 is 0 Å². The van der Waals surface area contributed by atoms with E-state index >= 15 is 0 Å². The first-order chi connectivity index (χ1) is 10.8. The van der Waals surface area contributed by atoms with Crippen LogP contribution in [0.5, 0.6) is 11.5 Å². The number of nitrogens with one attached hydrogen (secondary N) is 1. The molecule has 0 bridgehead atoms. The highest BCUT2D eigenvalue weighted by atomic mass is 32.2. The van der Waals surface area contributed by atoms with Gasteiger partial charge in [-0.05, 0) is 18.6 Å². The fourth-order valence-corrected chi connectivity index (χ4v) is 4.16. The Balaban J connectivity index is 2.32. The molecule has 1 amide bonds. The van der Waals surface area contributed by atoms with Crippen LogP contribution in [0.2, 0.25) is 0 Å². The van der Waals surface area contributed by atoms with Crippen molar-refractivity contribution in [2.75, 3.05) is 31.0 Å². The Morgan fingerprint density at radius 1 is 1.26 bits per heavy atom. The molecule has 9 heteroatoms. The van der Waals surface area contributed by atoms with Gasteiger partial charge in [0.25, 0.3) is 0 Å².